The molecule has 1 aliphatic rings. The highest BCUT2D eigenvalue weighted by molar-refractivity contribution is 5.80. The fourth-order valence-corrected chi connectivity index (χ4v) is 3.21. The predicted octanol–water partition coefficient (Wildman–Crippen LogP) is 2.25. The van der Waals surface area contributed by atoms with Crippen molar-refractivity contribution in [2.45, 2.75) is 25.8 Å². The standard InChI is InChI=1S/C19H24N6/c1-3-21-19(22-11-16-6-4-5-15(9-16)10-20)25-8-7-17(14-25)18-12-23-24(2)13-18/h4-6,9,12-13,17H,3,7-8,11,14H2,1-2H3,(H,21,22). The highest BCUT2D eigenvalue weighted by atomic mass is 15.3. The summed E-state index contributed by atoms with van der Waals surface area (Å²) in [6.07, 6.45) is 5.18. The van der Waals surface area contributed by atoms with Gasteiger partial charge in [0.05, 0.1) is 24.4 Å². The van der Waals surface area contributed by atoms with E-state index in [-0.39, 0.29) is 0 Å². The topological polar surface area (TPSA) is 69.2 Å². The van der Waals surface area contributed by atoms with Crippen LogP contribution in [0.3, 0.4) is 0 Å². The van der Waals surface area contributed by atoms with Gasteiger partial charge in [-0.3, -0.25) is 4.68 Å². The quantitative estimate of drug-likeness (QED) is 0.687. The molecule has 1 aliphatic heterocycles. The Bertz CT molecular complexity index is 785. The molecule has 1 aromatic heterocycles. The monoisotopic (exact) mass is 336 g/mol. The summed E-state index contributed by atoms with van der Waals surface area (Å²) < 4.78 is 1.86. The van der Waals surface area contributed by atoms with Crippen LogP contribution in [0.1, 0.15) is 36.0 Å². The summed E-state index contributed by atoms with van der Waals surface area (Å²) in [4.78, 5) is 7.09. The first-order chi connectivity index (χ1) is 12.2. The van der Waals surface area contributed by atoms with E-state index in [4.69, 9.17) is 10.3 Å². The second kappa shape index (κ2) is 7.84. The van der Waals surface area contributed by atoms with Crippen molar-refractivity contribution >= 4 is 5.96 Å². The molecule has 2 heterocycles. The Balaban J connectivity index is 1.69. The average Bonchev–Trinajstić information content (AvgIpc) is 3.28. The lowest BCUT2D eigenvalue weighted by atomic mass is 10.0. The van der Waals surface area contributed by atoms with Gasteiger partial charge in [-0.1, -0.05) is 12.1 Å². The number of nitrogens with one attached hydrogen (secondary N) is 1. The fourth-order valence-electron chi connectivity index (χ4n) is 3.21. The first-order valence-electron chi connectivity index (χ1n) is 8.70. The smallest absolute Gasteiger partial charge is 0.194 e. The third-order valence-electron chi connectivity index (χ3n) is 4.49. The Morgan fingerprint density at radius 2 is 2.36 bits per heavy atom. The van der Waals surface area contributed by atoms with Crippen LogP contribution in [0.5, 0.6) is 0 Å². The summed E-state index contributed by atoms with van der Waals surface area (Å²) in [5.41, 5.74) is 3.02. The zero-order valence-corrected chi connectivity index (χ0v) is 14.8. The largest absolute Gasteiger partial charge is 0.357 e. The Morgan fingerprint density at radius 3 is 3.08 bits per heavy atom. The van der Waals surface area contributed by atoms with E-state index in [1.165, 1.54) is 5.56 Å². The molecule has 3 rings (SSSR count). The van der Waals surface area contributed by atoms with Crippen LogP contribution in [0.15, 0.2) is 41.7 Å². The van der Waals surface area contributed by atoms with E-state index in [9.17, 15) is 0 Å². The number of guanidine groups is 1. The molecule has 1 unspecified atom stereocenters. The highest BCUT2D eigenvalue weighted by Crippen LogP contribution is 2.26. The Hall–Kier alpha value is -2.81. The summed E-state index contributed by atoms with van der Waals surface area (Å²) in [6, 6.07) is 9.81. The van der Waals surface area contributed by atoms with E-state index in [0.29, 0.717) is 18.0 Å². The van der Waals surface area contributed by atoms with Gasteiger partial charge in [0.2, 0.25) is 0 Å². The van der Waals surface area contributed by atoms with Crippen LogP contribution in [-0.2, 0) is 13.6 Å². The molecule has 1 saturated heterocycles. The summed E-state index contributed by atoms with van der Waals surface area (Å²) in [5.74, 6) is 1.44. The Morgan fingerprint density at radius 1 is 1.48 bits per heavy atom. The third-order valence-corrected chi connectivity index (χ3v) is 4.49. The number of benzene rings is 1. The molecule has 0 spiro atoms. The lowest BCUT2D eigenvalue weighted by molar-refractivity contribution is 0.486. The van der Waals surface area contributed by atoms with E-state index in [0.717, 1.165) is 37.6 Å². The number of aliphatic imine (C=N–C) groups is 1. The predicted molar refractivity (Wildman–Crippen MR) is 98.1 cm³/mol. The van der Waals surface area contributed by atoms with Crippen molar-refractivity contribution in [1.82, 2.24) is 20.0 Å². The molecular weight excluding hydrogens is 312 g/mol. The van der Waals surface area contributed by atoms with Gasteiger partial charge >= 0.3 is 0 Å². The summed E-state index contributed by atoms with van der Waals surface area (Å²) in [7, 11) is 1.96. The van der Waals surface area contributed by atoms with Gasteiger partial charge in [-0.25, -0.2) is 4.99 Å². The van der Waals surface area contributed by atoms with Gasteiger partial charge in [0, 0.05) is 38.8 Å². The highest BCUT2D eigenvalue weighted by Gasteiger charge is 2.26. The van der Waals surface area contributed by atoms with Gasteiger partial charge in [-0.15, -0.1) is 0 Å². The molecule has 0 bridgehead atoms. The van der Waals surface area contributed by atoms with Crippen molar-refractivity contribution in [3.63, 3.8) is 0 Å². The van der Waals surface area contributed by atoms with Gasteiger partial charge < -0.3 is 10.2 Å². The molecule has 1 atom stereocenters. The first-order valence-corrected chi connectivity index (χ1v) is 8.70. The van der Waals surface area contributed by atoms with Crippen LogP contribution in [0.25, 0.3) is 0 Å². The van der Waals surface area contributed by atoms with Gasteiger partial charge in [0.25, 0.3) is 0 Å². The molecule has 0 amide bonds. The number of nitriles is 1. The number of rotatable bonds is 4. The van der Waals surface area contributed by atoms with Crippen LogP contribution in [0.2, 0.25) is 0 Å². The van der Waals surface area contributed by atoms with Crippen molar-refractivity contribution in [3.8, 4) is 6.07 Å². The molecule has 6 heteroatoms. The molecule has 0 aliphatic carbocycles. The van der Waals surface area contributed by atoms with Crippen molar-refractivity contribution < 1.29 is 0 Å². The number of aromatic nitrogens is 2. The molecule has 1 aromatic carbocycles. The molecule has 6 nitrogen and oxygen atoms in total. The van der Waals surface area contributed by atoms with Crippen LogP contribution < -0.4 is 5.32 Å². The van der Waals surface area contributed by atoms with Crippen molar-refractivity contribution in [2.75, 3.05) is 19.6 Å². The molecule has 1 N–H and O–H groups in total. The number of hydrogen-bond donors (Lipinski definition) is 1. The Labute approximate surface area is 148 Å². The molecule has 1 fully saturated rings. The Kier molecular flexibility index (Phi) is 5.34. The molecule has 0 saturated carbocycles. The fraction of sp³-hybridized carbons (Fsp3) is 0.421. The van der Waals surface area contributed by atoms with Crippen LogP contribution in [0.4, 0.5) is 0 Å². The first kappa shape index (κ1) is 17.0. The average molecular weight is 336 g/mol. The number of likely N-dealkylation sites (tertiary alicyclic amines) is 1. The zero-order valence-electron chi connectivity index (χ0n) is 14.8. The van der Waals surface area contributed by atoms with E-state index < -0.39 is 0 Å². The number of aryl methyl sites for hydroxylation is 1. The molecular formula is C19H24N6. The van der Waals surface area contributed by atoms with Gasteiger partial charge in [-0.05, 0) is 36.6 Å². The second-order valence-corrected chi connectivity index (χ2v) is 6.36. The van der Waals surface area contributed by atoms with E-state index in [2.05, 4.69) is 34.5 Å². The maximum Gasteiger partial charge on any atom is 0.194 e. The summed E-state index contributed by atoms with van der Waals surface area (Å²) >= 11 is 0. The summed E-state index contributed by atoms with van der Waals surface area (Å²) in [5, 5.41) is 16.7. The van der Waals surface area contributed by atoms with Crippen molar-refractivity contribution in [2.24, 2.45) is 12.0 Å². The maximum absolute atomic E-state index is 9.02. The van der Waals surface area contributed by atoms with Crippen LogP contribution in [-0.4, -0.2) is 40.3 Å². The third kappa shape index (κ3) is 4.18. The lowest BCUT2D eigenvalue weighted by Gasteiger charge is -2.21. The SMILES string of the molecule is CCNC(=NCc1cccc(C#N)c1)N1CCC(c2cnn(C)c2)C1. The van der Waals surface area contributed by atoms with Crippen LogP contribution in [0, 0.1) is 11.3 Å². The molecule has 0 radical (unpaired) electrons. The molecule has 130 valence electrons. The number of nitrogens with zero attached hydrogens (tertiary/aromatic N) is 5. The van der Waals surface area contributed by atoms with Crippen LogP contribution >= 0.6 is 0 Å². The minimum absolute atomic E-state index is 0.500. The minimum Gasteiger partial charge on any atom is -0.357 e. The number of hydrogen-bond acceptors (Lipinski definition) is 3. The van der Waals surface area contributed by atoms with Crippen molar-refractivity contribution in [1.29, 1.82) is 5.26 Å². The maximum atomic E-state index is 9.02. The summed E-state index contributed by atoms with van der Waals surface area (Å²) in [6.45, 7) is 5.44. The molecule has 25 heavy (non-hydrogen) atoms. The van der Waals surface area contributed by atoms with Gasteiger partial charge in [-0.2, -0.15) is 10.4 Å². The second-order valence-electron chi connectivity index (χ2n) is 6.36. The molecule has 2 aromatic rings. The minimum atomic E-state index is 0.500. The van der Waals surface area contributed by atoms with E-state index in [1.54, 1.807) is 0 Å². The van der Waals surface area contributed by atoms with E-state index >= 15 is 0 Å². The van der Waals surface area contributed by atoms with Gasteiger partial charge in [0.1, 0.15) is 0 Å². The van der Waals surface area contributed by atoms with E-state index in [1.807, 2.05) is 42.2 Å². The lowest BCUT2D eigenvalue weighted by Crippen LogP contribution is -2.40. The normalized spacial score (nSPS) is 17.6. The van der Waals surface area contributed by atoms with Crippen molar-refractivity contribution in [3.05, 3.63) is 53.3 Å². The van der Waals surface area contributed by atoms with Gasteiger partial charge in [0.15, 0.2) is 5.96 Å². The zero-order chi connectivity index (χ0) is 17.6.